The van der Waals surface area contributed by atoms with Crippen molar-refractivity contribution in [1.82, 2.24) is 4.90 Å². The minimum absolute atomic E-state index is 0.00929. The lowest BCUT2D eigenvalue weighted by molar-refractivity contribution is -0.148. The first-order valence-corrected chi connectivity index (χ1v) is 12.6. The first-order valence-electron chi connectivity index (χ1n) is 12.6. The fraction of sp³-hybridized carbons (Fsp3) is 0.345. The third-order valence-corrected chi connectivity index (χ3v) is 8.30. The normalized spacial score (nSPS) is 26.4. The maximum Gasteiger partial charge on any atom is 0.255 e. The Hall–Kier alpha value is -4.15. The van der Waals surface area contributed by atoms with Gasteiger partial charge >= 0.3 is 0 Å². The van der Waals surface area contributed by atoms with E-state index in [-0.39, 0.29) is 29.7 Å². The number of carbonyl (C=O) groups is 3. The Morgan fingerprint density at radius 3 is 2.21 bits per heavy atom. The van der Waals surface area contributed by atoms with Gasteiger partial charge in [0.05, 0.1) is 11.6 Å². The molecule has 2 aromatic carbocycles. The Balaban J connectivity index is 1.69. The predicted octanol–water partition coefficient (Wildman–Crippen LogP) is 1.85. The molecule has 0 aromatic heterocycles. The van der Waals surface area contributed by atoms with E-state index in [1.807, 2.05) is 43.3 Å². The molecule has 4 atom stereocenters. The summed E-state index contributed by atoms with van der Waals surface area (Å²) in [4.78, 5) is 42.8. The van der Waals surface area contributed by atoms with Gasteiger partial charge in [-0.2, -0.15) is 0 Å². The maximum absolute atomic E-state index is 13.9. The van der Waals surface area contributed by atoms with Crippen molar-refractivity contribution in [2.24, 2.45) is 17.6 Å². The van der Waals surface area contributed by atoms with Gasteiger partial charge in [0, 0.05) is 31.3 Å². The first kappa shape index (κ1) is 26.5. The van der Waals surface area contributed by atoms with E-state index in [1.54, 1.807) is 20.2 Å². The highest BCUT2D eigenvalue weighted by molar-refractivity contribution is 6.24. The summed E-state index contributed by atoms with van der Waals surface area (Å²) in [6.07, 6.45) is 0.272. The summed E-state index contributed by atoms with van der Waals surface area (Å²) < 4.78 is 0. The van der Waals surface area contributed by atoms with Crippen LogP contribution in [0.1, 0.15) is 22.3 Å². The Labute approximate surface area is 225 Å². The lowest BCUT2D eigenvalue weighted by Crippen LogP contribution is -2.63. The Kier molecular flexibility index (Phi) is 6.08. The van der Waals surface area contributed by atoms with Crippen molar-refractivity contribution in [3.63, 3.8) is 0 Å². The number of hydrogen-bond donors (Lipinski definition) is 5. The molecule has 0 saturated heterocycles. The van der Waals surface area contributed by atoms with Gasteiger partial charge in [0.15, 0.2) is 11.4 Å². The van der Waals surface area contributed by atoms with Gasteiger partial charge in [-0.3, -0.25) is 19.3 Å². The molecule has 10 nitrogen and oxygen atoms in total. The van der Waals surface area contributed by atoms with Crippen LogP contribution in [-0.4, -0.2) is 82.6 Å². The largest absolute Gasteiger partial charge is 0.510 e. The van der Waals surface area contributed by atoms with Crippen LogP contribution >= 0.6 is 0 Å². The molecule has 6 N–H and O–H groups in total. The van der Waals surface area contributed by atoms with E-state index in [9.17, 15) is 34.8 Å². The van der Waals surface area contributed by atoms with E-state index in [2.05, 4.69) is 0 Å². The third kappa shape index (κ3) is 3.66. The SMILES string of the molecule is CN(C)c1ccc(-c2ccc(O)c3c2C[C@H]2C[C@H]4[C@H](N(C)C)C(O)=C(C(N)=O)C(=O)[C@@]4(O)C(O)=C2C3=O)cc1. The molecular formula is C29H31N3O7. The molecule has 0 bridgehead atoms. The first-order chi connectivity index (χ1) is 18.3. The van der Waals surface area contributed by atoms with E-state index in [0.29, 0.717) is 5.56 Å². The Bertz CT molecular complexity index is 1490. The number of likely N-dealkylation sites (N-methyl/N-ethyl adjacent to an activating group) is 1. The van der Waals surface area contributed by atoms with Crippen LogP contribution in [0.15, 0.2) is 59.1 Å². The van der Waals surface area contributed by atoms with Gasteiger partial charge in [0.25, 0.3) is 5.91 Å². The van der Waals surface area contributed by atoms with Crippen molar-refractivity contribution in [1.29, 1.82) is 0 Å². The molecule has 0 saturated carbocycles. The van der Waals surface area contributed by atoms with Crippen LogP contribution in [0.5, 0.6) is 5.75 Å². The minimum Gasteiger partial charge on any atom is -0.510 e. The van der Waals surface area contributed by atoms with Gasteiger partial charge in [0.2, 0.25) is 5.78 Å². The number of nitrogens with two attached hydrogens (primary N) is 1. The number of phenolic OH excluding ortho intramolecular Hbond substituents is 1. The number of rotatable bonds is 4. The summed E-state index contributed by atoms with van der Waals surface area (Å²) in [5.41, 5.74) is 4.86. The zero-order valence-corrected chi connectivity index (χ0v) is 22.1. The number of fused-ring (bicyclic) bond motifs is 3. The van der Waals surface area contributed by atoms with Crippen molar-refractivity contribution in [2.75, 3.05) is 33.1 Å². The Morgan fingerprint density at radius 2 is 1.64 bits per heavy atom. The maximum atomic E-state index is 13.9. The molecule has 3 aliphatic carbocycles. The van der Waals surface area contributed by atoms with Crippen LogP contribution in [-0.2, 0) is 16.0 Å². The van der Waals surface area contributed by atoms with Gasteiger partial charge in [-0.15, -0.1) is 0 Å². The van der Waals surface area contributed by atoms with E-state index < -0.39 is 58.0 Å². The van der Waals surface area contributed by atoms with Crippen LogP contribution in [0.3, 0.4) is 0 Å². The number of ketones is 2. The standard InChI is InChI=1S/C29H31N3O7/c1-31(2)15-7-5-13(6-8-15)16-9-10-19(33)21-17(16)11-14-12-18-23(32(3)4)25(35)22(28(30)38)27(37)29(18,39)26(36)20(14)24(21)34/h5-10,14,18,23,33,35-36,39H,11-12H2,1-4H3,(H2,30,38)/t14-,18-,23-,29-/m0/s1. The quantitative estimate of drug-likeness (QED) is 0.369. The molecule has 0 unspecified atom stereocenters. The number of amides is 1. The summed E-state index contributed by atoms with van der Waals surface area (Å²) >= 11 is 0. The van der Waals surface area contributed by atoms with Crippen molar-refractivity contribution in [2.45, 2.75) is 24.5 Å². The molecule has 39 heavy (non-hydrogen) atoms. The predicted molar refractivity (Wildman–Crippen MR) is 143 cm³/mol. The lowest BCUT2D eigenvalue weighted by atomic mass is 9.58. The number of aromatic hydroxyl groups is 1. The van der Waals surface area contributed by atoms with Crippen LogP contribution in [0.4, 0.5) is 5.69 Å². The average molecular weight is 534 g/mol. The van der Waals surface area contributed by atoms with Crippen molar-refractivity contribution in [3.8, 4) is 16.9 Å². The monoisotopic (exact) mass is 533 g/mol. The topological polar surface area (TPSA) is 165 Å². The van der Waals surface area contributed by atoms with Crippen molar-refractivity contribution >= 4 is 23.2 Å². The van der Waals surface area contributed by atoms with E-state index in [4.69, 9.17) is 5.73 Å². The molecule has 10 heteroatoms. The van der Waals surface area contributed by atoms with Gasteiger partial charge < -0.3 is 31.1 Å². The fourth-order valence-corrected chi connectivity index (χ4v) is 6.46. The highest BCUT2D eigenvalue weighted by Crippen LogP contribution is 2.53. The molecule has 0 radical (unpaired) electrons. The van der Waals surface area contributed by atoms with E-state index in [0.717, 1.165) is 16.8 Å². The number of aliphatic hydroxyl groups excluding tert-OH is 2. The second-order valence-electron chi connectivity index (χ2n) is 10.9. The van der Waals surface area contributed by atoms with Gasteiger partial charge in [-0.25, -0.2) is 0 Å². The minimum atomic E-state index is -2.65. The number of nitrogens with zero attached hydrogens (tertiary/aromatic N) is 2. The second kappa shape index (κ2) is 8.96. The number of benzene rings is 2. The molecule has 2 aromatic rings. The van der Waals surface area contributed by atoms with Gasteiger partial charge in [0.1, 0.15) is 22.8 Å². The molecule has 3 aliphatic rings. The summed E-state index contributed by atoms with van der Waals surface area (Å²) in [5, 5.41) is 44.7. The van der Waals surface area contributed by atoms with Crippen LogP contribution in [0, 0.1) is 11.8 Å². The van der Waals surface area contributed by atoms with Crippen LogP contribution in [0.25, 0.3) is 11.1 Å². The molecule has 1 amide bonds. The van der Waals surface area contributed by atoms with Crippen molar-refractivity contribution < 1.29 is 34.8 Å². The van der Waals surface area contributed by atoms with Gasteiger partial charge in [-0.05, 0) is 67.7 Å². The van der Waals surface area contributed by atoms with E-state index in [1.165, 1.54) is 11.0 Å². The molecular weight excluding hydrogens is 502 g/mol. The number of aliphatic hydroxyl groups is 3. The number of primary amides is 1. The number of hydrogen-bond acceptors (Lipinski definition) is 9. The van der Waals surface area contributed by atoms with Crippen molar-refractivity contribution in [3.05, 3.63) is 70.2 Å². The average Bonchev–Trinajstić information content (AvgIpc) is 2.86. The van der Waals surface area contributed by atoms with Gasteiger partial charge in [-0.1, -0.05) is 18.2 Å². The number of carbonyl (C=O) groups excluding carboxylic acids is 3. The molecule has 0 spiro atoms. The number of phenols is 1. The highest BCUT2D eigenvalue weighted by atomic mass is 16.3. The summed E-state index contributed by atoms with van der Waals surface area (Å²) in [7, 11) is 7.05. The molecule has 204 valence electrons. The smallest absolute Gasteiger partial charge is 0.255 e. The Morgan fingerprint density at radius 1 is 1.00 bits per heavy atom. The highest BCUT2D eigenvalue weighted by Gasteiger charge is 2.63. The summed E-state index contributed by atoms with van der Waals surface area (Å²) in [6, 6.07) is 9.84. The zero-order valence-electron chi connectivity index (χ0n) is 22.1. The molecule has 0 aliphatic heterocycles. The zero-order chi connectivity index (χ0) is 28.5. The lowest BCUT2D eigenvalue weighted by Gasteiger charge is -2.50. The van der Waals surface area contributed by atoms with Crippen LogP contribution < -0.4 is 10.6 Å². The third-order valence-electron chi connectivity index (χ3n) is 8.30. The summed E-state index contributed by atoms with van der Waals surface area (Å²) in [5.74, 6) is -6.65. The van der Waals surface area contributed by atoms with E-state index >= 15 is 0 Å². The number of allylic oxidation sites excluding steroid dienone is 1. The van der Waals surface area contributed by atoms with Crippen LogP contribution in [0.2, 0.25) is 0 Å². The molecule has 0 fully saturated rings. The fourth-order valence-electron chi connectivity index (χ4n) is 6.46. The molecule has 0 heterocycles. The second-order valence-corrected chi connectivity index (χ2v) is 10.9. The summed E-state index contributed by atoms with van der Waals surface area (Å²) in [6.45, 7) is 0. The number of anilines is 1. The number of Topliss-reactive ketones (excluding diaryl/α,β-unsaturated/α-hetero) is 2. The molecule has 5 rings (SSSR count).